The first-order chi connectivity index (χ1) is 11.2. The summed E-state index contributed by atoms with van der Waals surface area (Å²) in [6.07, 6.45) is 4.38. The average Bonchev–Trinajstić information content (AvgIpc) is 2.92. The fraction of sp³-hybridized carbons (Fsp3) is 0.500. The number of hydrogen-bond donors (Lipinski definition) is 1. The van der Waals surface area contributed by atoms with Crippen LogP contribution in [0.4, 0.5) is 0 Å². The quantitative estimate of drug-likeness (QED) is 0.561. The van der Waals surface area contributed by atoms with Crippen molar-refractivity contribution < 1.29 is 14.3 Å². The van der Waals surface area contributed by atoms with Crippen LogP contribution in [0.25, 0.3) is 0 Å². The normalized spacial score (nSPS) is 17.4. The maximum atomic E-state index is 12.2. The molecule has 0 saturated carbocycles. The SMILES string of the molecule is C=CCNCC[C@H]1CCC(=O)N1Cc1ccc(OC)c(OC)c1. The summed E-state index contributed by atoms with van der Waals surface area (Å²) in [4.78, 5) is 14.2. The molecule has 1 aliphatic heterocycles. The Morgan fingerprint density at radius 1 is 1.35 bits per heavy atom. The zero-order valence-electron chi connectivity index (χ0n) is 14.0. The highest BCUT2D eigenvalue weighted by atomic mass is 16.5. The molecule has 1 fully saturated rings. The predicted molar refractivity (Wildman–Crippen MR) is 90.8 cm³/mol. The van der Waals surface area contributed by atoms with Crippen LogP contribution in [0, 0.1) is 0 Å². The minimum atomic E-state index is 0.230. The van der Waals surface area contributed by atoms with Gasteiger partial charge in [-0.25, -0.2) is 0 Å². The number of rotatable bonds is 9. The Morgan fingerprint density at radius 2 is 2.13 bits per heavy atom. The first kappa shape index (κ1) is 17.3. The Balaban J connectivity index is 2.01. The van der Waals surface area contributed by atoms with Gasteiger partial charge in [-0.05, 0) is 37.1 Å². The summed E-state index contributed by atoms with van der Waals surface area (Å²) in [7, 11) is 3.24. The van der Waals surface area contributed by atoms with Crippen LogP contribution in [0.5, 0.6) is 11.5 Å². The molecular weight excluding hydrogens is 292 g/mol. The molecule has 5 nitrogen and oxygen atoms in total. The second-order valence-corrected chi connectivity index (χ2v) is 5.68. The van der Waals surface area contributed by atoms with Crippen LogP contribution in [0.2, 0.25) is 0 Å². The van der Waals surface area contributed by atoms with Crippen molar-refractivity contribution in [3.63, 3.8) is 0 Å². The summed E-state index contributed by atoms with van der Waals surface area (Å²) < 4.78 is 10.6. The Bertz CT molecular complexity index is 545. The molecular formula is C18H26N2O3. The van der Waals surface area contributed by atoms with Gasteiger partial charge < -0.3 is 19.7 Å². The average molecular weight is 318 g/mol. The van der Waals surface area contributed by atoms with E-state index in [0.29, 0.717) is 30.5 Å². The number of amides is 1. The number of ether oxygens (including phenoxy) is 2. The first-order valence-electron chi connectivity index (χ1n) is 8.01. The van der Waals surface area contributed by atoms with E-state index in [1.54, 1.807) is 14.2 Å². The fourth-order valence-electron chi connectivity index (χ4n) is 2.96. The Morgan fingerprint density at radius 3 is 2.83 bits per heavy atom. The molecule has 126 valence electrons. The van der Waals surface area contributed by atoms with Gasteiger partial charge in [0.25, 0.3) is 0 Å². The van der Waals surface area contributed by atoms with Gasteiger partial charge in [-0.15, -0.1) is 6.58 Å². The van der Waals surface area contributed by atoms with Crippen molar-refractivity contribution in [2.24, 2.45) is 0 Å². The topological polar surface area (TPSA) is 50.8 Å². The minimum Gasteiger partial charge on any atom is -0.493 e. The molecule has 1 amide bonds. The van der Waals surface area contributed by atoms with Crippen LogP contribution in [-0.4, -0.2) is 44.2 Å². The third-order valence-electron chi connectivity index (χ3n) is 4.20. The van der Waals surface area contributed by atoms with Crippen LogP contribution in [0.1, 0.15) is 24.8 Å². The van der Waals surface area contributed by atoms with Gasteiger partial charge in [0.2, 0.25) is 5.91 Å². The number of hydrogen-bond acceptors (Lipinski definition) is 4. The smallest absolute Gasteiger partial charge is 0.223 e. The van der Waals surface area contributed by atoms with Crippen molar-refractivity contribution >= 4 is 5.91 Å². The van der Waals surface area contributed by atoms with Crippen molar-refractivity contribution in [2.45, 2.75) is 31.8 Å². The minimum absolute atomic E-state index is 0.230. The zero-order chi connectivity index (χ0) is 16.7. The van der Waals surface area contributed by atoms with Gasteiger partial charge in [0.15, 0.2) is 11.5 Å². The third-order valence-corrected chi connectivity index (χ3v) is 4.20. The summed E-state index contributed by atoms with van der Waals surface area (Å²) >= 11 is 0. The maximum absolute atomic E-state index is 12.2. The van der Waals surface area contributed by atoms with E-state index in [0.717, 1.165) is 31.5 Å². The maximum Gasteiger partial charge on any atom is 0.223 e. The number of nitrogens with zero attached hydrogens (tertiary/aromatic N) is 1. The molecule has 0 spiro atoms. The molecule has 1 aromatic carbocycles. The van der Waals surface area contributed by atoms with E-state index >= 15 is 0 Å². The lowest BCUT2D eigenvalue weighted by molar-refractivity contribution is -0.129. The molecule has 2 rings (SSSR count). The summed E-state index contributed by atoms with van der Waals surface area (Å²) in [6.45, 7) is 6.01. The van der Waals surface area contributed by atoms with Crippen molar-refractivity contribution in [3.05, 3.63) is 36.4 Å². The van der Waals surface area contributed by atoms with Crippen molar-refractivity contribution in [3.8, 4) is 11.5 Å². The summed E-state index contributed by atoms with van der Waals surface area (Å²) in [6, 6.07) is 6.11. The largest absolute Gasteiger partial charge is 0.493 e. The van der Waals surface area contributed by atoms with Gasteiger partial charge >= 0.3 is 0 Å². The van der Waals surface area contributed by atoms with Crippen LogP contribution in [0.15, 0.2) is 30.9 Å². The molecule has 1 aromatic rings. The number of carbonyl (C=O) groups is 1. The van der Waals surface area contributed by atoms with Crippen LogP contribution < -0.4 is 14.8 Å². The molecule has 0 radical (unpaired) electrons. The lowest BCUT2D eigenvalue weighted by atomic mass is 10.1. The lowest BCUT2D eigenvalue weighted by Gasteiger charge is -2.25. The van der Waals surface area contributed by atoms with Gasteiger partial charge in [-0.3, -0.25) is 4.79 Å². The second-order valence-electron chi connectivity index (χ2n) is 5.68. The molecule has 1 atom stereocenters. The van der Waals surface area contributed by atoms with E-state index in [1.807, 2.05) is 29.2 Å². The molecule has 0 aromatic heterocycles. The lowest BCUT2D eigenvalue weighted by Crippen LogP contribution is -2.34. The van der Waals surface area contributed by atoms with Crippen LogP contribution in [0.3, 0.4) is 0 Å². The van der Waals surface area contributed by atoms with E-state index in [9.17, 15) is 4.79 Å². The molecule has 1 saturated heterocycles. The Hall–Kier alpha value is -2.01. The van der Waals surface area contributed by atoms with E-state index in [1.165, 1.54) is 0 Å². The molecule has 1 heterocycles. The summed E-state index contributed by atoms with van der Waals surface area (Å²) in [5.41, 5.74) is 1.06. The molecule has 0 aliphatic carbocycles. The Labute approximate surface area is 138 Å². The molecule has 23 heavy (non-hydrogen) atoms. The molecule has 1 N–H and O–H groups in total. The van der Waals surface area contributed by atoms with Gasteiger partial charge in [0.1, 0.15) is 0 Å². The molecule has 0 unspecified atom stereocenters. The van der Waals surface area contributed by atoms with Crippen LogP contribution in [-0.2, 0) is 11.3 Å². The number of methoxy groups -OCH3 is 2. The van der Waals surface area contributed by atoms with Crippen molar-refractivity contribution in [2.75, 3.05) is 27.3 Å². The number of nitrogens with one attached hydrogen (secondary N) is 1. The van der Waals surface area contributed by atoms with Gasteiger partial charge in [-0.2, -0.15) is 0 Å². The van der Waals surface area contributed by atoms with Gasteiger partial charge in [-0.1, -0.05) is 12.1 Å². The third kappa shape index (κ3) is 4.48. The van der Waals surface area contributed by atoms with E-state index in [-0.39, 0.29) is 5.91 Å². The number of likely N-dealkylation sites (tertiary alicyclic amines) is 1. The van der Waals surface area contributed by atoms with E-state index in [4.69, 9.17) is 9.47 Å². The number of carbonyl (C=O) groups excluding carboxylic acids is 1. The monoisotopic (exact) mass is 318 g/mol. The summed E-state index contributed by atoms with van der Waals surface area (Å²) in [5, 5.41) is 3.30. The predicted octanol–water partition coefficient (Wildman–Crippen LogP) is 2.36. The molecule has 5 heteroatoms. The number of benzene rings is 1. The van der Waals surface area contributed by atoms with E-state index in [2.05, 4.69) is 11.9 Å². The first-order valence-corrected chi connectivity index (χ1v) is 8.01. The highest BCUT2D eigenvalue weighted by Crippen LogP contribution is 2.30. The zero-order valence-corrected chi connectivity index (χ0v) is 14.0. The van der Waals surface area contributed by atoms with Crippen molar-refractivity contribution in [1.29, 1.82) is 0 Å². The standard InChI is InChI=1S/C18H26N2O3/c1-4-10-19-11-9-15-6-8-18(21)20(15)13-14-5-7-16(22-2)17(12-14)23-3/h4-5,7,12,15,19H,1,6,8-11,13H2,2-3H3/t15-/m1/s1. The van der Waals surface area contributed by atoms with E-state index < -0.39 is 0 Å². The summed E-state index contributed by atoms with van der Waals surface area (Å²) in [5.74, 6) is 1.63. The van der Waals surface area contributed by atoms with Crippen molar-refractivity contribution in [1.82, 2.24) is 10.2 Å². The van der Waals surface area contributed by atoms with Gasteiger partial charge in [0.05, 0.1) is 14.2 Å². The van der Waals surface area contributed by atoms with Crippen LogP contribution >= 0.6 is 0 Å². The fourth-order valence-corrected chi connectivity index (χ4v) is 2.96. The highest BCUT2D eigenvalue weighted by molar-refractivity contribution is 5.78. The highest BCUT2D eigenvalue weighted by Gasteiger charge is 2.30. The molecule has 1 aliphatic rings. The second kappa shape index (κ2) is 8.58. The van der Waals surface area contributed by atoms with Gasteiger partial charge in [0, 0.05) is 25.6 Å². The Kier molecular flexibility index (Phi) is 6.47. The molecule has 0 bridgehead atoms.